The van der Waals surface area contributed by atoms with E-state index in [0.29, 0.717) is 0 Å². The lowest BCUT2D eigenvalue weighted by molar-refractivity contribution is -0.384. The van der Waals surface area contributed by atoms with Crippen molar-refractivity contribution in [2.75, 3.05) is 11.9 Å². The van der Waals surface area contributed by atoms with E-state index in [2.05, 4.69) is 5.32 Å². The van der Waals surface area contributed by atoms with Crippen LogP contribution in [0.4, 0.5) is 15.8 Å². The molecule has 5 nitrogen and oxygen atoms in total. The molecule has 7 heteroatoms. The predicted molar refractivity (Wildman–Crippen MR) is 62.9 cm³/mol. The van der Waals surface area contributed by atoms with Crippen molar-refractivity contribution in [3.05, 3.63) is 33.1 Å². The van der Waals surface area contributed by atoms with Gasteiger partial charge in [0.25, 0.3) is 5.69 Å². The van der Waals surface area contributed by atoms with Gasteiger partial charge in [0, 0.05) is 6.54 Å². The third kappa shape index (κ3) is 3.83. The quantitative estimate of drug-likeness (QED) is 0.646. The summed E-state index contributed by atoms with van der Waals surface area (Å²) in [7, 11) is 0. The number of nitro benzene ring substituents is 1. The average Bonchev–Trinajstić information content (AvgIpc) is 2.17. The second-order valence-corrected chi connectivity index (χ2v) is 4.61. The summed E-state index contributed by atoms with van der Waals surface area (Å²) in [6, 6.07) is 1.87. The third-order valence-corrected chi connectivity index (χ3v) is 2.24. The average molecular weight is 263 g/mol. The molecule has 94 valence electrons. The maximum Gasteiger partial charge on any atom is 0.295 e. The zero-order chi connectivity index (χ0) is 13.2. The van der Waals surface area contributed by atoms with Gasteiger partial charge in [-0.3, -0.25) is 10.1 Å². The van der Waals surface area contributed by atoms with E-state index in [9.17, 15) is 19.6 Å². The second kappa shape index (κ2) is 4.85. The van der Waals surface area contributed by atoms with Gasteiger partial charge in [-0.1, -0.05) is 11.6 Å². The lowest BCUT2D eigenvalue weighted by Gasteiger charge is -2.18. The van der Waals surface area contributed by atoms with E-state index in [1.165, 1.54) is 13.8 Å². The van der Waals surface area contributed by atoms with Crippen LogP contribution in [-0.2, 0) is 0 Å². The van der Waals surface area contributed by atoms with E-state index >= 15 is 0 Å². The summed E-state index contributed by atoms with van der Waals surface area (Å²) in [5.74, 6) is -0.854. The maximum atomic E-state index is 13.1. The molecule has 1 aromatic carbocycles. The van der Waals surface area contributed by atoms with Gasteiger partial charge in [-0.15, -0.1) is 0 Å². The molecule has 0 bridgehead atoms. The molecule has 0 aliphatic rings. The smallest absolute Gasteiger partial charge is 0.295 e. The molecule has 17 heavy (non-hydrogen) atoms. The lowest BCUT2D eigenvalue weighted by Crippen LogP contribution is -2.29. The van der Waals surface area contributed by atoms with E-state index in [1.807, 2.05) is 0 Å². The number of benzene rings is 1. The van der Waals surface area contributed by atoms with Crippen molar-refractivity contribution in [2.24, 2.45) is 0 Å². The molecular weight excluding hydrogens is 251 g/mol. The minimum Gasteiger partial charge on any atom is -0.389 e. The van der Waals surface area contributed by atoms with E-state index in [-0.39, 0.29) is 17.3 Å². The molecule has 0 saturated heterocycles. The number of aliphatic hydroxyl groups is 1. The Bertz CT molecular complexity index is 446. The van der Waals surface area contributed by atoms with Gasteiger partial charge in [0.15, 0.2) is 0 Å². The number of nitrogens with zero attached hydrogens (tertiary/aromatic N) is 1. The van der Waals surface area contributed by atoms with Gasteiger partial charge in [-0.25, -0.2) is 4.39 Å². The molecule has 0 spiro atoms. The van der Waals surface area contributed by atoms with Gasteiger partial charge < -0.3 is 10.4 Å². The first-order valence-corrected chi connectivity index (χ1v) is 5.18. The molecular formula is C10H12ClFN2O3. The zero-order valence-electron chi connectivity index (χ0n) is 9.33. The predicted octanol–water partition coefficient (Wildman–Crippen LogP) is 2.57. The number of anilines is 1. The molecule has 0 aromatic heterocycles. The van der Waals surface area contributed by atoms with Gasteiger partial charge in [-0.05, 0) is 19.9 Å². The number of halogens is 2. The van der Waals surface area contributed by atoms with Crippen LogP contribution < -0.4 is 5.32 Å². The van der Waals surface area contributed by atoms with Crippen molar-refractivity contribution in [3.8, 4) is 0 Å². The molecule has 2 N–H and O–H groups in total. The molecule has 0 unspecified atom stereocenters. The Morgan fingerprint density at radius 2 is 2.18 bits per heavy atom. The van der Waals surface area contributed by atoms with E-state index in [0.717, 1.165) is 12.1 Å². The van der Waals surface area contributed by atoms with Crippen LogP contribution in [0.25, 0.3) is 0 Å². The number of hydrogen-bond acceptors (Lipinski definition) is 4. The van der Waals surface area contributed by atoms with Crippen molar-refractivity contribution in [1.82, 2.24) is 0 Å². The lowest BCUT2D eigenvalue weighted by atomic mass is 10.1. The topological polar surface area (TPSA) is 75.4 Å². The Morgan fingerprint density at radius 3 is 2.65 bits per heavy atom. The van der Waals surface area contributed by atoms with Gasteiger partial charge in [0.05, 0.1) is 21.6 Å². The number of hydrogen-bond donors (Lipinski definition) is 2. The first kappa shape index (κ1) is 13.7. The second-order valence-electron chi connectivity index (χ2n) is 4.21. The Morgan fingerprint density at radius 1 is 1.59 bits per heavy atom. The minimum atomic E-state index is -1.05. The normalized spacial score (nSPS) is 11.4. The summed E-state index contributed by atoms with van der Waals surface area (Å²) >= 11 is 5.54. The first-order valence-electron chi connectivity index (χ1n) is 4.80. The highest BCUT2D eigenvalue weighted by Crippen LogP contribution is 2.30. The fourth-order valence-corrected chi connectivity index (χ4v) is 1.30. The van der Waals surface area contributed by atoms with Crippen molar-refractivity contribution in [2.45, 2.75) is 19.4 Å². The van der Waals surface area contributed by atoms with Crippen LogP contribution in [0, 0.1) is 15.9 Å². The van der Waals surface area contributed by atoms with Crippen LogP contribution in [0.5, 0.6) is 0 Å². The first-order chi connectivity index (χ1) is 7.70. The highest BCUT2D eigenvalue weighted by Gasteiger charge is 2.20. The van der Waals surface area contributed by atoms with E-state index < -0.39 is 22.0 Å². The Labute approximate surface area is 102 Å². The van der Waals surface area contributed by atoms with Crippen molar-refractivity contribution >= 4 is 23.0 Å². The fourth-order valence-electron chi connectivity index (χ4n) is 1.14. The molecule has 0 aliphatic heterocycles. The number of rotatable bonds is 4. The van der Waals surface area contributed by atoms with Gasteiger partial charge >= 0.3 is 0 Å². The monoisotopic (exact) mass is 262 g/mol. The van der Waals surface area contributed by atoms with Crippen LogP contribution >= 0.6 is 11.6 Å². The molecule has 0 aliphatic carbocycles. The van der Waals surface area contributed by atoms with Crippen LogP contribution in [0.1, 0.15) is 13.8 Å². The summed E-state index contributed by atoms with van der Waals surface area (Å²) in [6.07, 6.45) is 0. The Balaban J connectivity index is 3.05. The molecule has 1 rings (SSSR count). The summed E-state index contributed by atoms with van der Waals surface area (Å²) in [4.78, 5) is 9.99. The summed E-state index contributed by atoms with van der Waals surface area (Å²) in [5, 5.41) is 22.6. The number of nitro groups is 1. The molecule has 1 aromatic rings. The highest BCUT2D eigenvalue weighted by molar-refractivity contribution is 6.31. The standard InChI is InChI=1S/C10H12ClFN2O3/c1-10(2,15)5-13-8-3-6(11)7(12)4-9(8)14(16)17/h3-4,13,15H,5H2,1-2H3. The summed E-state index contributed by atoms with van der Waals surface area (Å²) in [5.41, 5.74) is -1.39. The van der Waals surface area contributed by atoms with Gasteiger partial charge in [0.1, 0.15) is 11.5 Å². The minimum absolute atomic E-state index is 0.0727. The van der Waals surface area contributed by atoms with Crippen molar-refractivity contribution in [3.63, 3.8) is 0 Å². The molecule has 0 radical (unpaired) electrons. The largest absolute Gasteiger partial charge is 0.389 e. The zero-order valence-corrected chi connectivity index (χ0v) is 10.1. The van der Waals surface area contributed by atoms with Crippen molar-refractivity contribution in [1.29, 1.82) is 0 Å². The summed E-state index contributed by atoms with van der Waals surface area (Å²) < 4.78 is 13.1. The number of nitrogens with one attached hydrogen (secondary N) is 1. The highest BCUT2D eigenvalue weighted by atomic mass is 35.5. The maximum absolute atomic E-state index is 13.1. The summed E-state index contributed by atoms with van der Waals surface area (Å²) in [6.45, 7) is 3.16. The Hall–Kier alpha value is -1.40. The molecule has 0 saturated carbocycles. The third-order valence-electron chi connectivity index (χ3n) is 1.95. The molecule has 0 atom stereocenters. The van der Waals surface area contributed by atoms with Crippen LogP contribution in [0.2, 0.25) is 5.02 Å². The van der Waals surface area contributed by atoms with Crippen molar-refractivity contribution < 1.29 is 14.4 Å². The molecule has 0 amide bonds. The molecule has 0 heterocycles. The van der Waals surface area contributed by atoms with Gasteiger partial charge in [0.2, 0.25) is 0 Å². The molecule has 0 fully saturated rings. The van der Waals surface area contributed by atoms with E-state index in [4.69, 9.17) is 11.6 Å². The van der Waals surface area contributed by atoms with Gasteiger partial charge in [-0.2, -0.15) is 0 Å². The Kier molecular flexibility index (Phi) is 3.90. The van der Waals surface area contributed by atoms with Crippen LogP contribution in [0.3, 0.4) is 0 Å². The van der Waals surface area contributed by atoms with Crippen LogP contribution in [-0.4, -0.2) is 22.2 Å². The SMILES string of the molecule is CC(C)(O)CNc1cc(Cl)c(F)cc1[N+](=O)[O-]. The van der Waals surface area contributed by atoms with E-state index in [1.54, 1.807) is 0 Å². The fraction of sp³-hybridized carbons (Fsp3) is 0.400. The van der Waals surface area contributed by atoms with Crippen LogP contribution in [0.15, 0.2) is 12.1 Å².